The van der Waals surface area contributed by atoms with Crippen molar-refractivity contribution in [3.8, 4) is 0 Å². The topological polar surface area (TPSA) is 32.3 Å². The van der Waals surface area contributed by atoms with Crippen LogP contribution in [0.4, 0.5) is 0 Å². The van der Waals surface area contributed by atoms with Gasteiger partial charge in [-0.3, -0.25) is 5.32 Å². The lowest BCUT2D eigenvalue weighted by atomic mass is 10.6. The molecule has 1 saturated heterocycles. The first kappa shape index (κ1) is 5.03. The van der Waals surface area contributed by atoms with Crippen molar-refractivity contribution in [3.05, 3.63) is 0 Å². The Morgan fingerprint density at radius 1 is 1.71 bits per heavy atom. The summed E-state index contributed by atoms with van der Waals surface area (Å²) in [7, 11) is 1.79. The van der Waals surface area contributed by atoms with Crippen LogP contribution in [-0.4, -0.2) is 36.7 Å². The van der Waals surface area contributed by atoms with Gasteiger partial charge in [0.2, 0.25) is 0 Å². The number of likely N-dealkylation sites (N-methyl/N-ethyl adjacent to an activating group) is 1. The fourth-order valence-electron chi connectivity index (χ4n) is 0.719. The second-order valence-electron chi connectivity index (χ2n) is 2.22. The molecule has 3 heteroatoms. The van der Waals surface area contributed by atoms with Crippen molar-refractivity contribution in [2.45, 2.75) is 0 Å². The number of nitrogens with zero attached hydrogens (tertiary/aromatic N) is 1. The Morgan fingerprint density at radius 2 is 2.43 bits per heavy atom. The van der Waals surface area contributed by atoms with Gasteiger partial charge in [0.15, 0.2) is 6.67 Å². The van der Waals surface area contributed by atoms with Gasteiger partial charge in [-0.05, 0) is 0 Å². The normalized spacial score (nSPS) is 42.0. The zero-order valence-electron chi connectivity index (χ0n) is 4.52. The van der Waals surface area contributed by atoms with E-state index in [1.165, 1.54) is 0 Å². The molecule has 0 spiro atoms. The van der Waals surface area contributed by atoms with Crippen molar-refractivity contribution < 1.29 is 9.85 Å². The molecule has 42 valence electrons. The minimum Gasteiger partial charge on any atom is -0.262 e. The maximum atomic E-state index is 9.07. The van der Waals surface area contributed by atoms with Gasteiger partial charge in [-0.25, -0.2) is 5.21 Å². The largest absolute Gasteiger partial charge is 0.262 e. The second-order valence-corrected chi connectivity index (χ2v) is 2.22. The zero-order valence-corrected chi connectivity index (χ0v) is 4.52. The van der Waals surface area contributed by atoms with Crippen LogP contribution in [0.25, 0.3) is 0 Å². The highest BCUT2D eigenvalue weighted by Gasteiger charge is 2.23. The van der Waals surface area contributed by atoms with Gasteiger partial charge in [0, 0.05) is 0 Å². The average molecular weight is 103 g/mol. The van der Waals surface area contributed by atoms with E-state index in [2.05, 4.69) is 5.32 Å². The van der Waals surface area contributed by atoms with Crippen LogP contribution in [0.1, 0.15) is 0 Å². The van der Waals surface area contributed by atoms with E-state index in [9.17, 15) is 0 Å². The first-order valence-electron chi connectivity index (χ1n) is 2.49. The molecular formula is C4H11N2O+. The fourth-order valence-corrected chi connectivity index (χ4v) is 0.719. The van der Waals surface area contributed by atoms with Gasteiger partial charge in [0.1, 0.15) is 6.54 Å². The summed E-state index contributed by atoms with van der Waals surface area (Å²) >= 11 is 0. The van der Waals surface area contributed by atoms with E-state index >= 15 is 0 Å². The SMILES string of the molecule is C[N+]1(O)CCNC1. The van der Waals surface area contributed by atoms with Crippen LogP contribution >= 0.6 is 0 Å². The number of quaternary nitrogens is 1. The van der Waals surface area contributed by atoms with E-state index in [0.717, 1.165) is 13.1 Å². The van der Waals surface area contributed by atoms with E-state index in [0.29, 0.717) is 6.67 Å². The molecule has 0 aromatic carbocycles. The third-order valence-electron chi connectivity index (χ3n) is 1.22. The lowest BCUT2D eigenvalue weighted by Gasteiger charge is -2.15. The molecule has 0 bridgehead atoms. The van der Waals surface area contributed by atoms with E-state index in [1.54, 1.807) is 7.05 Å². The van der Waals surface area contributed by atoms with Crippen LogP contribution in [0, 0.1) is 0 Å². The summed E-state index contributed by atoms with van der Waals surface area (Å²) in [6.45, 7) is 2.47. The summed E-state index contributed by atoms with van der Waals surface area (Å²) in [6, 6.07) is 0. The number of hydrogen-bond donors (Lipinski definition) is 2. The van der Waals surface area contributed by atoms with Crippen LogP contribution in [0.3, 0.4) is 0 Å². The van der Waals surface area contributed by atoms with Gasteiger partial charge in [-0.2, -0.15) is 4.65 Å². The van der Waals surface area contributed by atoms with E-state index in [-0.39, 0.29) is 4.65 Å². The lowest BCUT2D eigenvalue weighted by Crippen LogP contribution is -2.38. The summed E-state index contributed by atoms with van der Waals surface area (Å²) in [5.74, 6) is 0. The Bertz CT molecular complexity index is 64.1. The molecule has 0 saturated carbocycles. The summed E-state index contributed by atoms with van der Waals surface area (Å²) < 4.78 is 0.139. The third kappa shape index (κ3) is 1.12. The van der Waals surface area contributed by atoms with Gasteiger partial charge in [-0.1, -0.05) is 0 Å². The highest BCUT2D eigenvalue weighted by atomic mass is 16.5. The standard InChI is InChI=1S/C4H11N2O/c1-6(7)3-2-5-4-6/h5,7H,2-4H2,1H3/q+1. The molecule has 1 rings (SSSR count). The quantitative estimate of drug-likeness (QED) is 0.401. The Kier molecular flexibility index (Phi) is 1.03. The van der Waals surface area contributed by atoms with Crippen molar-refractivity contribution in [1.29, 1.82) is 0 Å². The summed E-state index contributed by atoms with van der Waals surface area (Å²) in [5.41, 5.74) is 0. The highest BCUT2D eigenvalue weighted by molar-refractivity contribution is 4.43. The minimum absolute atomic E-state index is 0.139. The molecule has 7 heavy (non-hydrogen) atoms. The van der Waals surface area contributed by atoms with Crippen molar-refractivity contribution >= 4 is 0 Å². The Labute approximate surface area is 43.1 Å². The van der Waals surface area contributed by atoms with Crippen molar-refractivity contribution in [2.75, 3.05) is 26.8 Å². The Hall–Kier alpha value is -0.120. The van der Waals surface area contributed by atoms with E-state index in [1.807, 2.05) is 0 Å². The monoisotopic (exact) mass is 103 g/mol. The maximum Gasteiger partial charge on any atom is 0.162 e. The van der Waals surface area contributed by atoms with Gasteiger partial charge in [-0.15, -0.1) is 0 Å². The van der Waals surface area contributed by atoms with Crippen LogP contribution in [0.2, 0.25) is 0 Å². The van der Waals surface area contributed by atoms with E-state index in [4.69, 9.17) is 5.21 Å². The molecule has 0 radical (unpaired) electrons. The highest BCUT2D eigenvalue weighted by Crippen LogP contribution is 1.96. The predicted octanol–water partition coefficient (Wildman–Crippen LogP) is -0.617. The van der Waals surface area contributed by atoms with Crippen molar-refractivity contribution in [2.24, 2.45) is 0 Å². The zero-order chi connectivity index (χ0) is 5.33. The second kappa shape index (κ2) is 1.43. The molecule has 0 aromatic heterocycles. The minimum atomic E-state index is 0.139. The molecule has 1 aliphatic rings. The van der Waals surface area contributed by atoms with Gasteiger partial charge >= 0.3 is 0 Å². The van der Waals surface area contributed by atoms with Crippen LogP contribution in [0.15, 0.2) is 0 Å². The number of hydrogen-bond acceptors (Lipinski definition) is 2. The van der Waals surface area contributed by atoms with Crippen LogP contribution < -0.4 is 5.32 Å². The summed E-state index contributed by atoms with van der Waals surface area (Å²) in [5, 5.41) is 12.1. The van der Waals surface area contributed by atoms with Crippen LogP contribution in [-0.2, 0) is 0 Å². The Morgan fingerprint density at radius 3 is 2.57 bits per heavy atom. The Balaban J connectivity index is 2.40. The summed E-state index contributed by atoms with van der Waals surface area (Å²) in [4.78, 5) is 0. The number of hydroxylamine groups is 3. The predicted molar refractivity (Wildman–Crippen MR) is 25.7 cm³/mol. The smallest absolute Gasteiger partial charge is 0.162 e. The average Bonchev–Trinajstić information content (AvgIpc) is 1.84. The van der Waals surface area contributed by atoms with Crippen molar-refractivity contribution in [3.63, 3.8) is 0 Å². The van der Waals surface area contributed by atoms with Crippen molar-refractivity contribution in [1.82, 2.24) is 5.32 Å². The molecule has 1 atom stereocenters. The third-order valence-corrected chi connectivity index (χ3v) is 1.22. The van der Waals surface area contributed by atoms with E-state index < -0.39 is 0 Å². The lowest BCUT2D eigenvalue weighted by molar-refractivity contribution is -1.08. The molecule has 1 aliphatic heterocycles. The summed E-state index contributed by atoms with van der Waals surface area (Å²) in [6.07, 6.45) is 0. The molecule has 1 unspecified atom stereocenters. The molecule has 0 aliphatic carbocycles. The molecule has 0 amide bonds. The molecule has 3 nitrogen and oxygen atoms in total. The molecule has 2 N–H and O–H groups in total. The molecular weight excluding hydrogens is 92.1 g/mol. The fraction of sp³-hybridized carbons (Fsp3) is 1.00. The number of rotatable bonds is 0. The van der Waals surface area contributed by atoms with Gasteiger partial charge in [0.05, 0.1) is 13.6 Å². The molecule has 1 heterocycles. The maximum absolute atomic E-state index is 9.07. The van der Waals surface area contributed by atoms with Crippen LogP contribution in [0.5, 0.6) is 0 Å². The molecule has 1 fully saturated rings. The molecule has 0 aromatic rings. The van der Waals surface area contributed by atoms with Gasteiger partial charge < -0.3 is 0 Å². The number of nitrogens with one attached hydrogen (secondary N) is 1. The first-order valence-corrected chi connectivity index (χ1v) is 2.49. The van der Waals surface area contributed by atoms with Gasteiger partial charge in [0.25, 0.3) is 0 Å². The first-order chi connectivity index (χ1) is 3.21.